The topological polar surface area (TPSA) is 3.24 Å². The van der Waals surface area contributed by atoms with E-state index in [2.05, 4.69) is 73.0 Å². The monoisotopic (exact) mass is 315 g/mol. The third-order valence-electron chi connectivity index (χ3n) is 4.07. The predicted molar refractivity (Wildman–Crippen MR) is 101 cm³/mol. The second kappa shape index (κ2) is 9.91. The minimum atomic E-state index is 1.11. The van der Waals surface area contributed by atoms with Crippen molar-refractivity contribution in [2.24, 2.45) is 0 Å². The Morgan fingerprint density at radius 3 is 2.27 bits per heavy atom. The molecule has 0 N–H and O–H groups in total. The fourth-order valence-electron chi connectivity index (χ4n) is 2.71. The van der Waals surface area contributed by atoms with E-state index in [4.69, 9.17) is 0 Å². The van der Waals surface area contributed by atoms with Gasteiger partial charge in [-0.3, -0.25) is 4.90 Å². The van der Waals surface area contributed by atoms with Gasteiger partial charge in [0.25, 0.3) is 0 Å². The number of thioether (sulfide) groups is 1. The van der Waals surface area contributed by atoms with E-state index in [1.807, 2.05) is 0 Å². The molecule has 0 fully saturated rings. The quantitative estimate of drug-likeness (QED) is 0.500. The lowest BCUT2D eigenvalue weighted by atomic mass is 10.1. The summed E-state index contributed by atoms with van der Waals surface area (Å²) in [5.41, 5.74) is 1.47. The van der Waals surface area contributed by atoms with Crippen molar-refractivity contribution in [3.63, 3.8) is 0 Å². The summed E-state index contributed by atoms with van der Waals surface area (Å²) in [6.45, 7) is 7.06. The lowest BCUT2D eigenvalue weighted by Gasteiger charge is -2.21. The first-order valence-electron chi connectivity index (χ1n) is 8.62. The molecule has 0 unspecified atom stereocenters. The molecule has 0 saturated carbocycles. The Bertz CT molecular complexity index is 539. The van der Waals surface area contributed by atoms with Gasteiger partial charge >= 0.3 is 0 Å². The molecule has 0 atom stereocenters. The van der Waals surface area contributed by atoms with E-state index in [0.717, 1.165) is 11.6 Å². The lowest BCUT2D eigenvalue weighted by molar-refractivity contribution is 0.310. The van der Waals surface area contributed by atoms with Crippen LogP contribution in [0.5, 0.6) is 0 Å². The third kappa shape index (κ3) is 5.33. The SMILES string of the molecule is CCCCN(CCCC)CSCc1cccc2ccccc12. The molecule has 0 aliphatic carbocycles. The summed E-state index contributed by atoms with van der Waals surface area (Å²) in [6.07, 6.45) is 5.21. The summed E-state index contributed by atoms with van der Waals surface area (Å²) >= 11 is 2.06. The van der Waals surface area contributed by atoms with Crippen molar-refractivity contribution in [2.45, 2.75) is 45.3 Å². The van der Waals surface area contributed by atoms with Gasteiger partial charge in [0.1, 0.15) is 0 Å². The third-order valence-corrected chi connectivity index (χ3v) is 5.13. The maximum atomic E-state index is 2.63. The van der Waals surface area contributed by atoms with Crippen molar-refractivity contribution < 1.29 is 0 Å². The second-order valence-electron chi connectivity index (χ2n) is 5.94. The van der Waals surface area contributed by atoms with E-state index in [-0.39, 0.29) is 0 Å². The molecule has 0 saturated heterocycles. The standard InChI is InChI=1S/C20H29NS/c1-3-5-14-21(15-6-4-2)17-22-16-19-12-9-11-18-10-7-8-13-20(18)19/h7-13H,3-6,14-17H2,1-2H3. The summed E-state index contributed by atoms with van der Waals surface area (Å²) in [4.78, 5) is 2.63. The highest BCUT2D eigenvalue weighted by Crippen LogP contribution is 2.23. The van der Waals surface area contributed by atoms with Crippen molar-refractivity contribution in [1.82, 2.24) is 4.90 Å². The van der Waals surface area contributed by atoms with Crippen molar-refractivity contribution in [3.05, 3.63) is 48.0 Å². The van der Waals surface area contributed by atoms with E-state index in [1.54, 1.807) is 0 Å². The first-order valence-corrected chi connectivity index (χ1v) is 9.77. The van der Waals surface area contributed by atoms with Gasteiger partial charge in [-0.25, -0.2) is 0 Å². The van der Waals surface area contributed by atoms with Crippen LogP contribution in [0.15, 0.2) is 42.5 Å². The zero-order valence-electron chi connectivity index (χ0n) is 14.1. The molecule has 0 aromatic heterocycles. The normalized spacial score (nSPS) is 11.4. The van der Waals surface area contributed by atoms with Gasteiger partial charge in [-0.05, 0) is 42.3 Å². The van der Waals surface area contributed by atoms with E-state index >= 15 is 0 Å². The Balaban J connectivity index is 1.89. The van der Waals surface area contributed by atoms with Crippen LogP contribution in [0.2, 0.25) is 0 Å². The first-order chi connectivity index (χ1) is 10.8. The zero-order valence-corrected chi connectivity index (χ0v) is 14.9. The highest BCUT2D eigenvalue weighted by atomic mass is 32.2. The average Bonchev–Trinajstić information content (AvgIpc) is 2.57. The van der Waals surface area contributed by atoms with Crippen molar-refractivity contribution in [2.75, 3.05) is 19.0 Å². The first kappa shape index (κ1) is 17.4. The van der Waals surface area contributed by atoms with E-state index < -0.39 is 0 Å². The molecule has 0 bridgehead atoms. The molecule has 22 heavy (non-hydrogen) atoms. The molecule has 2 aromatic rings. The molecule has 0 radical (unpaired) electrons. The predicted octanol–water partition coefficient (Wildman–Crippen LogP) is 5.93. The summed E-state index contributed by atoms with van der Waals surface area (Å²) < 4.78 is 0. The van der Waals surface area contributed by atoms with Gasteiger partial charge in [0.05, 0.1) is 0 Å². The average molecular weight is 316 g/mol. The number of rotatable bonds is 10. The number of nitrogens with zero attached hydrogens (tertiary/aromatic N) is 1. The number of hydrogen-bond donors (Lipinski definition) is 0. The molecule has 0 spiro atoms. The molecule has 0 aliphatic rings. The van der Waals surface area contributed by atoms with E-state index in [1.165, 1.54) is 55.1 Å². The molecule has 1 nitrogen and oxygen atoms in total. The minimum absolute atomic E-state index is 1.11. The van der Waals surface area contributed by atoms with Gasteiger partial charge in [-0.2, -0.15) is 0 Å². The number of unbranched alkanes of at least 4 members (excludes halogenated alkanes) is 2. The van der Waals surface area contributed by atoms with Crippen LogP contribution in [0.1, 0.15) is 45.1 Å². The maximum absolute atomic E-state index is 2.63. The Kier molecular flexibility index (Phi) is 7.82. The molecular formula is C20H29NS. The van der Waals surface area contributed by atoms with Crippen LogP contribution in [-0.2, 0) is 5.75 Å². The highest BCUT2D eigenvalue weighted by molar-refractivity contribution is 7.98. The summed E-state index contributed by atoms with van der Waals surface area (Å²) in [5.74, 6) is 2.26. The zero-order chi connectivity index (χ0) is 15.6. The summed E-state index contributed by atoms with van der Waals surface area (Å²) in [5, 5.41) is 2.76. The van der Waals surface area contributed by atoms with Crippen LogP contribution in [0.3, 0.4) is 0 Å². The van der Waals surface area contributed by atoms with Crippen LogP contribution in [0.4, 0.5) is 0 Å². The molecule has 120 valence electrons. The molecule has 0 aliphatic heterocycles. The van der Waals surface area contributed by atoms with Crippen molar-refractivity contribution in [3.8, 4) is 0 Å². The lowest BCUT2D eigenvalue weighted by Crippen LogP contribution is -2.25. The summed E-state index contributed by atoms with van der Waals surface area (Å²) in [7, 11) is 0. The Hall–Kier alpha value is -0.990. The molecular weight excluding hydrogens is 286 g/mol. The fourth-order valence-corrected chi connectivity index (χ4v) is 3.79. The number of fused-ring (bicyclic) bond motifs is 1. The molecule has 2 aromatic carbocycles. The molecule has 0 amide bonds. The van der Waals surface area contributed by atoms with E-state index in [0.29, 0.717) is 0 Å². The second-order valence-corrected chi connectivity index (χ2v) is 6.90. The van der Waals surface area contributed by atoms with Crippen LogP contribution < -0.4 is 0 Å². The smallest absolute Gasteiger partial charge is 0.0447 e. The molecule has 2 rings (SSSR count). The van der Waals surface area contributed by atoms with Gasteiger partial charge in [0, 0.05) is 11.6 Å². The molecule has 2 heteroatoms. The van der Waals surface area contributed by atoms with E-state index in [9.17, 15) is 0 Å². The van der Waals surface area contributed by atoms with Gasteiger partial charge in [-0.15, -0.1) is 11.8 Å². The number of benzene rings is 2. The fraction of sp³-hybridized carbons (Fsp3) is 0.500. The largest absolute Gasteiger partial charge is 0.294 e. The van der Waals surface area contributed by atoms with Crippen LogP contribution >= 0.6 is 11.8 Å². The van der Waals surface area contributed by atoms with Crippen LogP contribution in [-0.4, -0.2) is 23.9 Å². The highest BCUT2D eigenvalue weighted by Gasteiger charge is 2.05. The van der Waals surface area contributed by atoms with Crippen molar-refractivity contribution in [1.29, 1.82) is 0 Å². The minimum Gasteiger partial charge on any atom is -0.294 e. The Morgan fingerprint density at radius 2 is 1.55 bits per heavy atom. The van der Waals surface area contributed by atoms with Crippen LogP contribution in [0.25, 0.3) is 10.8 Å². The van der Waals surface area contributed by atoms with Gasteiger partial charge < -0.3 is 0 Å². The van der Waals surface area contributed by atoms with Gasteiger partial charge in [0.15, 0.2) is 0 Å². The van der Waals surface area contributed by atoms with Gasteiger partial charge in [0.2, 0.25) is 0 Å². The number of hydrogen-bond acceptors (Lipinski definition) is 2. The van der Waals surface area contributed by atoms with Crippen molar-refractivity contribution >= 4 is 22.5 Å². The summed E-state index contributed by atoms with van der Waals surface area (Å²) in [6, 6.07) is 15.4. The van der Waals surface area contributed by atoms with Gasteiger partial charge in [-0.1, -0.05) is 69.2 Å². The molecule has 0 heterocycles. The Morgan fingerprint density at radius 1 is 0.864 bits per heavy atom. The maximum Gasteiger partial charge on any atom is 0.0447 e. The van der Waals surface area contributed by atoms with Crippen LogP contribution in [0, 0.1) is 0 Å². The Labute approximate surface area is 140 Å².